The highest BCUT2D eigenvalue weighted by molar-refractivity contribution is 6.17. The van der Waals surface area contributed by atoms with Crippen molar-refractivity contribution in [3.8, 4) is 5.75 Å². The predicted molar refractivity (Wildman–Crippen MR) is 137 cm³/mol. The number of aryl methyl sites for hydroxylation is 2. The molecule has 6 rings (SSSR count). The van der Waals surface area contributed by atoms with E-state index < -0.39 is 5.41 Å². The van der Waals surface area contributed by atoms with Gasteiger partial charge in [0.05, 0.1) is 18.4 Å². The lowest BCUT2D eigenvalue weighted by Gasteiger charge is -2.36. The van der Waals surface area contributed by atoms with Gasteiger partial charge in [-0.25, -0.2) is 0 Å². The van der Waals surface area contributed by atoms with Crippen molar-refractivity contribution in [1.29, 1.82) is 0 Å². The lowest BCUT2D eigenvalue weighted by Crippen LogP contribution is -2.40. The highest BCUT2D eigenvalue weighted by Gasteiger charge is 2.58. The Morgan fingerprint density at radius 3 is 2.21 bits per heavy atom. The zero-order valence-electron chi connectivity index (χ0n) is 20.2. The molecule has 2 aliphatic carbocycles. The molecule has 172 valence electrons. The number of carbonyl (C=O) groups excluding carboxylic acids is 1. The molecule has 1 heterocycles. The Kier molecular flexibility index (Phi) is 4.91. The van der Waals surface area contributed by atoms with Gasteiger partial charge >= 0.3 is 0 Å². The van der Waals surface area contributed by atoms with E-state index in [0.29, 0.717) is 0 Å². The van der Waals surface area contributed by atoms with Gasteiger partial charge in [-0.2, -0.15) is 0 Å². The minimum Gasteiger partial charge on any atom is -0.497 e. The van der Waals surface area contributed by atoms with Gasteiger partial charge in [-0.05, 0) is 73.2 Å². The summed E-state index contributed by atoms with van der Waals surface area (Å²) >= 11 is 0. The van der Waals surface area contributed by atoms with Crippen molar-refractivity contribution in [2.75, 3.05) is 12.0 Å². The fraction of sp³-hybridized carbons (Fsp3) is 0.323. The largest absolute Gasteiger partial charge is 0.497 e. The summed E-state index contributed by atoms with van der Waals surface area (Å²) in [6, 6.07) is 23.7. The smallest absolute Gasteiger partial charge is 0.242 e. The number of anilines is 1. The number of fused-ring (bicyclic) bond motifs is 3. The second-order valence-electron chi connectivity index (χ2n) is 10.2. The number of ether oxygens (including phenoxy) is 1. The molecule has 1 atom stereocenters. The van der Waals surface area contributed by atoms with Gasteiger partial charge in [-0.1, -0.05) is 72.9 Å². The SMILES string of the molecule is COc1ccc(N2C(=O)C3(CCCCC3)C3=C2C(c2ccc(C)cc2)c2cc(C)ccc23)cc1. The van der Waals surface area contributed by atoms with Crippen LogP contribution in [-0.2, 0) is 4.79 Å². The zero-order chi connectivity index (χ0) is 23.4. The lowest BCUT2D eigenvalue weighted by molar-refractivity contribution is -0.125. The van der Waals surface area contributed by atoms with Crippen LogP contribution in [0.25, 0.3) is 5.57 Å². The molecule has 0 N–H and O–H groups in total. The molecule has 1 spiro atoms. The van der Waals surface area contributed by atoms with Crippen LogP contribution in [0.2, 0.25) is 0 Å². The molecule has 0 saturated heterocycles. The molecule has 3 nitrogen and oxygen atoms in total. The van der Waals surface area contributed by atoms with Crippen LogP contribution >= 0.6 is 0 Å². The second-order valence-corrected chi connectivity index (χ2v) is 10.2. The van der Waals surface area contributed by atoms with Crippen molar-refractivity contribution in [2.24, 2.45) is 5.41 Å². The van der Waals surface area contributed by atoms with E-state index in [-0.39, 0.29) is 11.8 Å². The van der Waals surface area contributed by atoms with E-state index in [4.69, 9.17) is 4.74 Å². The molecule has 1 fully saturated rings. The fourth-order valence-electron chi connectivity index (χ4n) is 6.46. The molecule has 3 heteroatoms. The predicted octanol–water partition coefficient (Wildman–Crippen LogP) is 7.17. The van der Waals surface area contributed by atoms with E-state index in [2.05, 4.69) is 61.2 Å². The Hall–Kier alpha value is -3.33. The van der Waals surface area contributed by atoms with E-state index in [9.17, 15) is 4.79 Å². The maximum Gasteiger partial charge on any atom is 0.242 e. The van der Waals surface area contributed by atoms with Crippen LogP contribution in [0, 0.1) is 19.3 Å². The number of benzene rings is 3. The summed E-state index contributed by atoms with van der Waals surface area (Å²) in [4.78, 5) is 16.5. The van der Waals surface area contributed by atoms with Crippen LogP contribution in [-0.4, -0.2) is 13.0 Å². The van der Waals surface area contributed by atoms with Gasteiger partial charge in [0.25, 0.3) is 0 Å². The summed E-state index contributed by atoms with van der Waals surface area (Å²) in [5.74, 6) is 1.11. The van der Waals surface area contributed by atoms with Gasteiger partial charge in [-0.3, -0.25) is 9.69 Å². The van der Waals surface area contributed by atoms with Gasteiger partial charge in [0.1, 0.15) is 5.75 Å². The fourth-order valence-corrected chi connectivity index (χ4v) is 6.46. The Morgan fingerprint density at radius 1 is 0.853 bits per heavy atom. The molecular formula is C31H31NO2. The standard InChI is InChI=1S/C31H31NO2/c1-20-7-10-22(11-8-20)27-26-19-21(2)9-16-25(26)28-29(27)32(23-12-14-24(34-3)15-13-23)30(33)31(28)17-5-4-6-18-31/h7-16,19,27H,4-6,17-18H2,1-3H3. The number of rotatable bonds is 3. The third-order valence-electron chi connectivity index (χ3n) is 8.10. The number of nitrogens with zero attached hydrogens (tertiary/aromatic N) is 1. The second kappa shape index (κ2) is 7.87. The first-order valence-corrected chi connectivity index (χ1v) is 12.4. The Balaban J connectivity index is 1.62. The summed E-state index contributed by atoms with van der Waals surface area (Å²) in [5.41, 5.74) is 9.34. The van der Waals surface area contributed by atoms with Crippen molar-refractivity contribution < 1.29 is 9.53 Å². The molecule has 3 aromatic carbocycles. The number of hydrogen-bond acceptors (Lipinski definition) is 2. The zero-order valence-corrected chi connectivity index (χ0v) is 20.2. The Bertz CT molecular complexity index is 1290. The molecule has 0 aromatic heterocycles. The first-order valence-electron chi connectivity index (χ1n) is 12.4. The molecule has 1 aliphatic heterocycles. The summed E-state index contributed by atoms with van der Waals surface area (Å²) in [6.07, 6.45) is 5.30. The summed E-state index contributed by atoms with van der Waals surface area (Å²) < 4.78 is 5.41. The highest BCUT2D eigenvalue weighted by Crippen LogP contribution is 2.63. The van der Waals surface area contributed by atoms with Crippen molar-refractivity contribution in [1.82, 2.24) is 0 Å². The van der Waals surface area contributed by atoms with Crippen LogP contribution in [0.1, 0.15) is 65.8 Å². The number of amides is 1. The van der Waals surface area contributed by atoms with Crippen LogP contribution < -0.4 is 9.64 Å². The van der Waals surface area contributed by atoms with Gasteiger partial charge in [0.15, 0.2) is 0 Å². The minimum absolute atomic E-state index is 0.0536. The van der Waals surface area contributed by atoms with Gasteiger partial charge < -0.3 is 4.74 Å². The van der Waals surface area contributed by atoms with Gasteiger partial charge in [-0.15, -0.1) is 0 Å². The maximum absolute atomic E-state index is 14.4. The molecule has 0 radical (unpaired) electrons. The van der Waals surface area contributed by atoms with E-state index in [1.165, 1.54) is 45.5 Å². The number of methoxy groups -OCH3 is 1. The number of hydrogen-bond donors (Lipinski definition) is 0. The third-order valence-corrected chi connectivity index (χ3v) is 8.10. The third kappa shape index (κ3) is 2.99. The molecular weight excluding hydrogens is 418 g/mol. The lowest BCUT2D eigenvalue weighted by atomic mass is 9.68. The van der Waals surface area contributed by atoms with Gasteiger partial charge in [0, 0.05) is 11.4 Å². The molecule has 0 bridgehead atoms. The van der Waals surface area contributed by atoms with E-state index in [0.717, 1.165) is 37.1 Å². The van der Waals surface area contributed by atoms with Crippen molar-refractivity contribution in [3.05, 3.63) is 100 Å². The van der Waals surface area contributed by atoms with E-state index >= 15 is 0 Å². The normalized spacial score (nSPS) is 20.6. The van der Waals surface area contributed by atoms with Crippen molar-refractivity contribution >= 4 is 17.2 Å². The summed E-state index contributed by atoms with van der Waals surface area (Å²) in [7, 11) is 1.68. The van der Waals surface area contributed by atoms with Crippen molar-refractivity contribution in [3.63, 3.8) is 0 Å². The summed E-state index contributed by atoms with van der Waals surface area (Å²) in [6.45, 7) is 4.29. The average molecular weight is 450 g/mol. The van der Waals surface area contributed by atoms with Crippen LogP contribution in [0.5, 0.6) is 5.75 Å². The topological polar surface area (TPSA) is 29.5 Å². The number of carbonyl (C=O) groups is 1. The van der Waals surface area contributed by atoms with Crippen LogP contribution in [0.15, 0.2) is 72.4 Å². The first-order chi connectivity index (χ1) is 16.5. The monoisotopic (exact) mass is 449 g/mol. The van der Waals surface area contributed by atoms with Crippen molar-refractivity contribution in [2.45, 2.75) is 51.9 Å². The van der Waals surface area contributed by atoms with E-state index in [1.54, 1.807) is 7.11 Å². The summed E-state index contributed by atoms with van der Waals surface area (Å²) in [5, 5.41) is 0. The molecule has 34 heavy (non-hydrogen) atoms. The average Bonchev–Trinajstić information content (AvgIpc) is 3.30. The Labute approximate surface area is 202 Å². The molecule has 1 saturated carbocycles. The first kappa shape index (κ1) is 21.2. The van der Waals surface area contributed by atoms with Gasteiger partial charge in [0.2, 0.25) is 5.91 Å². The van der Waals surface area contributed by atoms with Crippen LogP contribution in [0.4, 0.5) is 5.69 Å². The number of allylic oxidation sites excluding steroid dienone is 1. The molecule has 3 aromatic rings. The maximum atomic E-state index is 14.4. The Morgan fingerprint density at radius 2 is 1.53 bits per heavy atom. The minimum atomic E-state index is -0.420. The molecule has 1 amide bonds. The van der Waals surface area contributed by atoms with Crippen LogP contribution in [0.3, 0.4) is 0 Å². The molecule has 1 unspecified atom stereocenters. The quantitative estimate of drug-likeness (QED) is 0.424. The van der Waals surface area contributed by atoms with E-state index in [1.807, 2.05) is 24.3 Å². The highest BCUT2D eigenvalue weighted by atomic mass is 16.5. The molecule has 3 aliphatic rings.